The van der Waals surface area contributed by atoms with E-state index in [1.807, 2.05) is 20.8 Å². The second kappa shape index (κ2) is 7.16. The van der Waals surface area contributed by atoms with Gasteiger partial charge in [-0.05, 0) is 26.3 Å². The van der Waals surface area contributed by atoms with E-state index in [2.05, 4.69) is 25.5 Å². The van der Waals surface area contributed by atoms with Crippen LogP contribution in [0.5, 0.6) is 0 Å². The summed E-state index contributed by atoms with van der Waals surface area (Å²) in [5.74, 6) is 0.991. The second-order valence-electron chi connectivity index (χ2n) is 5.53. The molecule has 3 N–H and O–H groups in total. The third kappa shape index (κ3) is 4.18. The summed E-state index contributed by atoms with van der Waals surface area (Å²) in [6.07, 6.45) is -4.30. The van der Waals surface area contributed by atoms with Gasteiger partial charge in [0.05, 0.1) is 10.6 Å². The number of hydrogen-bond donors (Lipinski definition) is 2. The molecule has 12 heteroatoms. The highest BCUT2D eigenvalue weighted by molar-refractivity contribution is 8.01. The van der Waals surface area contributed by atoms with Gasteiger partial charge in [0.25, 0.3) is 0 Å². The zero-order valence-corrected chi connectivity index (χ0v) is 16.5. The number of nitrogens with two attached hydrogens (primary N) is 1. The molecule has 0 aliphatic carbocycles. The van der Waals surface area contributed by atoms with Gasteiger partial charge in [0.15, 0.2) is 4.34 Å². The number of anilines is 2. The van der Waals surface area contributed by atoms with Crippen molar-refractivity contribution in [2.75, 3.05) is 17.6 Å². The van der Waals surface area contributed by atoms with Crippen LogP contribution in [0.3, 0.4) is 0 Å². The Morgan fingerprint density at radius 2 is 1.92 bits per heavy atom. The zero-order valence-electron chi connectivity index (χ0n) is 14.0. The van der Waals surface area contributed by atoms with Crippen LogP contribution in [0.2, 0.25) is 0 Å². The monoisotopic (exact) mass is 420 g/mol. The number of nitrogen functional groups attached to an aromatic ring is 1. The quantitative estimate of drug-likeness (QED) is 0.585. The van der Waals surface area contributed by atoms with Gasteiger partial charge in [-0.2, -0.15) is 13.2 Å². The topological polar surface area (TPSA) is 89.6 Å². The number of fused-ring (bicyclic) bond motifs is 1. The molecular weight excluding hydrogens is 405 g/mol. The molecule has 1 atom stereocenters. The minimum Gasteiger partial charge on any atom is -0.383 e. The van der Waals surface area contributed by atoms with Crippen LogP contribution in [-0.2, 0) is 0 Å². The summed E-state index contributed by atoms with van der Waals surface area (Å²) in [6, 6.07) is 0. The molecule has 0 spiro atoms. The highest BCUT2D eigenvalue weighted by atomic mass is 32.2. The lowest BCUT2D eigenvalue weighted by Crippen LogP contribution is -2.21. The van der Waals surface area contributed by atoms with Gasteiger partial charge in [-0.25, -0.2) is 9.97 Å². The fraction of sp³-hybridized carbons (Fsp3) is 0.429. The minimum absolute atomic E-state index is 0.123. The van der Waals surface area contributed by atoms with E-state index < -0.39 is 12.7 Å². The van der Waals surface area contributed by atoms with Crippen molar-refractivity contribution < 1.29 is 13.2 Å². The third-order valence-corrected chi connectivity index (χ3v) is 6.72. The number of thioether (sulfide) groups is 1. The van der Waals surface area contributed by atoms with Crippen molar-refractivity contribution in [2.24, 2.45) is 0 Å². The molecule has 0 amide bonds. The molecule has 3 aromatic heterocycles. The average Bonchev–Trinajstić information content (AvgIpc) is 3.09. The number of rotatable bonds is 5. The van der Waals surface area contributed by atoms with Crippen LogP contribution >= 0.6 is 34.4 Å². The van der Waals surface area contributed by atoms with E-state index in [4.69, 9.17) is 5.73 Å². The highest BCUT2D eigenvalue weighted by Crippen LogP contribution is 2.39. The van der Waals surface area contributed by atoms with Gasteiger partial charge in [0, 0.05) is 4.88 Å². The maximum atomic E-state index is 12.2. The van der Waals surface area contributed by atoms with Crippen molar-refractivity contribution >= 4 is 55.6 Å². The molecule has 0 radical (unpaired) electrons. The predicted octanol–water partition coefficient (Wildman–Crippen LogP) is 4.57. The maximum Gasteiger partial charge on any atom is 0.405 e. The van der Waals surface area contributed by atoms with E-state index in [9.17, 15) is 13.2 Å². The number of thiophene rings is 1. The largest absolute Gasteiger partial charge is 0.405 e. The van der Waals surface area contributed by atoms with Crippen molar-refractivity contribution in [3.8, 4) is 0 Å². The van der Waals surface area contributed by atoms with E-state index in [0.717, 1.165) is 32.0 Å². The summed E-state index contributed by atoms with van der Waals surface area (Å²) < 4.78 is 37.2. The van der Waals surface area contributed by atoms with Gasteiger partial charge >= 0.3 is 6.18 Å². The Labute approximate surface area is 159 Å². The Balaban J connectivity index is 1.75. The Hall–Kier alpha value is -1.66. The molecule has 26 heavy (non-hydrogen) atoms. The van der Waals surface area contributed by atoms with Crippen molar-refractivity contribution in [2.45, 2.75) is 36.5 Å². The van der Waals surface area contributed by atoms with Crippen molar-refractivity contribution in [3.63, 3.8) is 0 Å². The van der Waals surface area contributed by atoms with Crippen LogP contribution in [0.25, 0.3) is 10.2 Å². The molecule has 0 saturated carbocycles. The predicted molar refractivity (Wildman–Crippen MR) is 100 cm³/mol. The molecular formula is C14H15F3N6S3. The summed E-state index contributed by atoms with van der Waals surface area (Å²) >= 11 is 3.94. The Morgan fingerprint density at radius 1 is 1.19 bits per heavy atom. The molecule has 0 bridgehead atoms. The first kappa shape index (κ1) is 19.1. The van der Waals surface area contributed by atoms with E-state index in [1.165, 1.54) is 11.8 Å². The van der Waals surface area contributed by atoms with Gasteiger partial charge < -0.3 is 11.1 Å². The van der Waals surface area contributed by atoms with Crippen LogP contribution in [0, 0.1) is 13.8 Å². The number of hydrogen-bond acceptors (Lipinski definition) is 9. The Morgan fingerprint density at radius 3 is 2.62 bits per heavy atom. The molecule has 0 aliphatic heterocycles. The highest BCUT2D eigenvalue weighted by Gasteiger charge is 2.27. The van der Waals surface area contributed by atoms with E-state index in [-0.39, 0.29) is 10.4 Å². The molecule has 3 heterocycles. The van der Waals surface area contributed by atoms with Crippen LogP contribution in [0.4, 0.5) is 24.1 Å². The summed E-state index contributed by atoms with van der Waals surface area (Å²) in [7, 11) is 0. The maximum absolute atomic E-state index is 12.2. The lowest BCUT2D eigenvalue weighted by molar-refractivity contribution is -0.115. The third-order valence-electron chi connectivity index (χ3n) is 3.56. The van der Waals surface area contributed by atoms with Crippen LogP contribution < -0.4 is 11.1 Å². The number of aromatic nitrogens is 4. The molecule has 0 aliphatic rings. The molecule has 0 saturated heterocycles. The van der Waals surface area contributed by atoms with Crippen LogP contribution in [-0.4, -0.2) is 32.9 Å². The van der Waals surface area contributed by atoms with Crippen LogP contribution in [0.15, 0.2) is 4.34 Å². The lowest BCUT2D eigenvalue weighted by Gasteiger charge is -2.09. The first-order valence-corrected chi connectivity index (χ1v) is 9.99. The van der Waals surface area contributed by atoms with Crippen molar-refractivity contribution in [1.82, 2.24) is 20.2 Å². The molecule has 6 nitrogen and oxygen atoms in total. The first-order valence-electron chi connectivity index (χ1n) is 7.48. The van der Waals surface area contributed by atoms with Crippen LogP contribution in [0.1, 0.15) is 28.4 Å². The van der Waals surface area contributed by atoms with Gasteiger partial charge in [-0.15, -0.1) is 21.5 Å². The Kier molecular flexibility index (Phi) is 5.26. The zero-order chi connectivity index (χ0) is 19.1. The summed E-state index contributed by atoms with van der Waals surface area (Å²) in [5, 5.41) is 10.7. The molecule has 0 fully saturated rings. The standard InChI is InChI=1S/C14H15F3N6S3/c1-5-6(2)24-11-8(5)9(18)20-10(21-11)7(3)25-13-23-22-12(26-13)19-4-14(15,16)17/h7H,4H2,1-3H3,(H,19,22)(H2,18,20,21). The van der Waals surface area contributed by atoms with Gasteiger partial charge in [0.1, 0.15) is 23.0 Å². The first-order chi connectivity index (χ1) is 12.1. The molecule has 0 aromatic carbocycles. The minimum atomic E-state index is -4.30. The molecule has 140 valence electrons. The number of halogens is 3. The number of nitrogens with zero attached hydrogens (tertiary/aromatic N) is 4. The SMILES string of the molecule is Cc1sc2nc(C(C)Sc3nnc(NCC(F)(F)F)s3)nc(N)c2c1C. The number of aryl methyl sites for hydroxylation is 2. The van der Waals surface area contributed by atoms with E-state index >= 15 is 0 Å². The summed E-state index contributed by atoms with van der Waals surface area (Å²) in [6.45, 7) is 4.75. The van der Waals surface area contributed by atoms with Crippen molar-refractivity contribution in [3.05, 3.63) is 16.3 Å². The average molecular weight is 421 g/mol. The van der Waals surface area contributed by atoms with Gasteiger partial charge in [-0.1, -0.05) is 23.1 Å². The summed E-state index contributed by atoms with van der Waals surface area (Å²) in [4.78, 5) is 11.0. The fourth-order valence-electron chi connectivity index (χ4n) is 2.19. The van der Waals surface area contributed by atoms with Gasteiger partial charge in [-0.3, -0.25) is 0 Å². The van der Waals surface area contributed by atoms with E-state index in [1.54, 1.807) is 11.3 Å². The molecule has 3 aromatic rings. The second-order valence-corrected chi connectivity index (χ2v) is 9.30. The normalized spacial score (nSPS) is 13.3. The molecule has 1 unspecified atom stereocenters. The number of alkyl halides is 3. The van der Waals surface area contributed by atoms with Crippen molar-refractivity contribution in [1.29, 1.82) is 0 Å². The number of nitrogens with one attached hydrogen (secondary N) is 1. The lowest BCUT2D eigenvalue weighted by atomic mass is 10.2. The van der Waals surface area contributed by atoms with Gasteiger partial charge in [0.2, 0.25) is 5.13 Å². The smallest absolute Gasteiger partial charge is 0.383 e. The Bertz CT molecular complexity index is 936. The van der Waals surface area contributed by atoms with E-state index in [0.29, 0.717) is 16.0 Å². The summed E-state index contributed by atoms with van der Waals surface area (Å²) in [5.41, 5.74) is 7.17. The molecule has 3 rings (SSSR count). The fourth-order valence-corrected chi connectivity index (χ4v) is 5.17.